The highest BCUT2D eigenvalue weighted by Gasteiger charge is 2.36. The molecule has 3 nitrogen and oxygen atoms in total. The Bertz CT molecular complexity index is 466. The molecule has 1 aliphatic heterocycles. The minimum atomic E-state index is 0.104. The van der Waals surface area contributed by atoms with E-state index < -0.39 is 0 Å². The standard InChI is InChI=1S/C18H27NO2/c1-12-8-13(2)10-14(9-12)18(19-3)17-11-20-15-6-4-5-7-16(15)21-17/h4-7,12-14,17-19H,8-11H2,1-3H3. The van der Waals surface area contributed by atoms with Crippen molar-refractivity contribution in [1.29, 1.82) is 0 Å². The van der Waals surface area contributed by atoms with Gasteiger partial charge in [0.25, 0.3) is 0 Å². The van der Waals surface area contributed by atoms with Gasteiger partial charge in [-0.05, 0) is 56.2 Å². The van der Waals surface area contributed by atoms with Crippen LogP contribution in [0.3, 0.4) is 0 Å². The van der Waals surface area contributed by atoms with Crippen LogP contribution in [0.1, 0.15) is 33.1 Å². The molecule has 1 heterocycles. The summed E-state index contributed by atoms with van der Waals surface area (Å²) in [6.07, 6.45) is 4.04. The first-order valence-corrected chi connectivity index (χ1v) is 8.23. The Morgan fingerprint density at radius 3 is 2.38 bits per heavy atom. The van der Waals surface area contributed by atoms with E-state index in [-0.39, 0.29) is 6.10 Å². The monoisotopic (exact) mass is 289 g/mol. The molecule has 1 aromatic carbocycles. The van der Waals surface area contributed by atoms with Crippen LogP contribution in [0, 0.1) is 17.8 Å². The molecule has 1 aliphatic carbocycles. The Hall–Kier alpha value is -1.22. The molecule has 0 saturated heterocycles. The molecule has 1 aromatic rings. The van der Waals surface area contributed by atoms with Gasteiger partial charge in [-0.3, -0.25) is 0 Å². The number of likely N-dealkylation sites (N-methyl/N-ethyl adjacent to an activating group) is 1. The molecule has 0 spiro atoms. The van der Waals surface area contributed by atoms with E-state index in [1.165, 1.54) is 19.3 Å². The minimum Gasteiger partial charge on any atom is -0.486 e. The van der Waals surface area contributed by atoms with Crippen LogP contribution in [0.2, 0.25) is 0 Å². The number of rotatable bonds is 3. The third-order valence-corrected chi connectivity index (χ3v) is 4.99. The molecule has 0 aromatic heterocycles. The maximum absolute atomic E-state index is 6.22. The van der Waals surface area contributed by atoms with Gasteiger partial charge in [0.05, 0.1) is 6.04 Å². The van der Waals surface area contributed by atoms with Crippen LogP contribution in [0.15, 0.2) is 24.3 Å². The molecular formula is C18H27NO2. The molecule has 3 heteroatoms. The summed E-state index contributed by atoms with van der Waals surface area (Å²) in [7, 11) is 2.05. The zero-order valence-electron chi connectivity index (χ0n) is 13.3. The van der Waals surface area contributed by atoms with Crippen molar-refractivity contribution < 1.29 is 9.47 Å². The lowest BCUT2D eigenvalue weighted by molar-refractivity contribution is 0.0294. The van der Waals surface area contributed by atoms with Gasteiger partial charge in [-0.15, -0.1) is 0 Å². The van der Waals surface area contributed by atoms with Gasteiger partial charge in [-0.25, -0.2) is 0 Å². The van der Waals surface area contributed by atoms with Gasteiger partial charge >= 0.3 is 0 Å². The van der Waals surface area contributed by atoms with Gasteiger partial charge in [-0.2, -0.15) is 0 Å². The van der Waals surface area contributed by atoms with Crippen molar-refractivity contribution >= 4 is 0 Å². The number of hydrogen-bond donors (Lipinski definition) is 1. The van der Waals surface area contributed by atoms with Crippen LogP contribution in [-0.2, 0) is 0 Å². The van der Waals surface area contributed by atoms with Gasteiger partial charge < -0.3 is 14.8 Å². The van der Waals surface area contributed by atoms with E-state index in [2.05, 4.69) is 26.2 Å². The molecule has 4 atom stereocenters. The molecule has 2 aliphatic rings. The smallest absolute Gasteiger partial charge is 0.161 e. The van der Waals surface area contributed by atoms with Crippen LogP contribution >= 0.6 is 0 Å². The van der Waals surface area contributed by atoms with Crippen molar-refractivity contribution in [3.8, 4) is 11.5 Å². The molecule has 1 saturated carbocycles. The van der Waals surface area contributed by atoms with E-state index in [0.717, 1.165) is 23.3 Å². The highest BCUT2D eigenvalue weighted by molar-refractivity contribution is 5.40. The SMILES string of the molecule is CNC(C1CC(C)CC(C)C1)C1COc2ccccc2O1. The summed E-state index contributed by atoms with van der Waals surface area (Å²) in [5.74, 6) is 4.05. The second-order valence-electron chi connectivity index (χ2n) is 6.91. The van der Waals surface area contributed by atoms with Crippen molar-refractivity contribution in [3.63, 3.8) is 0 Å². The number of nitrogens with one attached hydrogen (secondary N) is 1. The largest absolute Gasteiger partial charge is 0.486 e. The fraction of sp³-hybridized carbons (Fsp3) is 0.667. The Morgan fingerprint density at radius 1 is 1.05 bits per heavy atom. The van der Waals surface area contributed by atoms with Crippen LogP contribution in [0.25, 0.3) is 0 Å². The van der Waals surface area contributed by atoms with Gasteiger partial charge in [0, 0.05) is 0 Å². The van der Waals surface area contributed by atoms with Crippen molar-refractivity contribution in [1.82, 2.24) is 5.32 Å². The molecule has 4 unspecified atom stereocenters. The second-order valence-corrected chi connectivity index (χ2v) is 6.91. The maximum atomic E-state index is 6.22. The average Bonchev–Trinajstić information content (AvgIpc) is 2.47. The van der Waals surface area contributed by atoms with E-state index in [1.54, 1.807) is 0 Å². The second kappa shape index (κ2) is 6.27. The average molecular weight is 289 g/mol. The third-order valence-electron chi connectivity index (χ3n) is 4.99. The fourth-order valence-electron chi connectivity index (χ4n) is 4.24. The van der Waals surface area contributed by atoms with E-state index in [9.17, 15) is 0 Å². The van der Waals surface area contributed by atoms with E-state index in [1.807, 2.05) is 24.3 Å². The van der Waals surface area contributed by atoms with E-state index in [4.69, 9.17) is 9.47 Å². The number of hydrogen-bond acceptors (Lipinski definition) is 3. The predicted octanol–water partition coefficient (Wildman–Crippen LogP) is 3.49. The van der Waals surface area contributed by atoms with Crippen LogP contribution in [0.5, 0.6) is 11.5 Å². The van der Waals surface area contributed by atoms with Gasteiger partial charge in [0.15, 0.2) is 11.5 Å². The zero-order chi connectivity index (χ0) is 14.8. The Labute approximate surface area is 128 Å². The number of para-hydroxylation sites is 2. The molecule has 1 N–H and O–H groups in total. The zero-order valence-corrected chi connectivity index (χ0v) is 13.3. The fourth-order valence-corrected chi connectivity index (χ4v) is 4.24. The van der Waals surface area contributed by atoms with Gasteiger partial charge in [0.1, 0.15) is 12.7 Å². The molecule has 116 valence electrons. The van der Waals surface area contributed by atoms with Crippen LogP contribution in [-0.4, -0.2) is 25.8 Å². The first-order valence-electron chi connectivity index (χ1n) is 8.23. The molecule has 1 fully saturated rings. The van der Waals surface area contributed by atoms with Crippen molar-refractivity contribution in [2.24, 2.45) is 17.8 Å². The molecule has 0 radical (unpaired) electrons. The summed E-state index contributed by atoms with van der Waals surface area (Å²) in [6.45, 7) is 5.40. The molecule has 0 bridgehead atoms. The van der Waals surface area contributed by atoms with Crippen molar-refractivity contribution in [3.05, 3.63) is 24.3 Å². The number of ether oxygens (including phenoxy) is 2. The summed E-state index contributed by atoms with van der Waals surface area (Å²) >= 11 is 0. The summed E-state index contributed by atoms with van der Waals surface area (Å²) in [6, 6.07) is 8.33. The Morgan fingerprint density at radius 2 is 1.71 bits per heavy atom. The topological polar surface area (TPSA) is 30.5 Å². The van der Waals surface area contributed by atoms with Gasteiger partial charge in [0.2, 0.25) is 0 Å². The lowest BCUT2D eigenvalue weighted by Crippen LogP contribution is -2.52. The summed E-state index contributed by atoms with van der Waals surface area (Å²) in [5.41, 5.74) is 0. The van der Waals surface area contributed by atoms with Crippen molar-refractivity contribution in [2.75, 3.05) is 13.7 Å². The molecule has 3 rings (SSSR count). The molecule has 0 amide bonds. The van der Waals surface area contributed by atoms with Gasteiger partial charge in [-0.1, -0.05) is 26.0 Å². The number of benzene rings is 1. The van der Waals surface area contributed by atoms with Crippen molar-refractivity contribution in [2.45, 2.75) is 45.3 Å². The van der Waals surface area contributed by atoms with Crippen LogP contribution in [0.4, 0.5) is 0 Å². The predicted molar refractivity (Wildman–Crippen MR) is 84.9 cm³/mol. The summed E-state index contributed by atoms with van der Waals surface area (Å²) in [4.78, 5) is 0. The Balaban J connectivity index is 1.72. The molecular weight excluding hydrogens is 262 g/mol. The lowest BCUT2D eigenvalue weighted by Gasteiger charge is -2.41. The highest BCUT2D eigenvalue weighted by Crippen LogP contribution is 2.38. The Kier molecular flexibility index (Phi) is 4.39. The quantitative estimate of drug-likeness (QED) is 0.924. The van der Waals surface area contributed by atoms with Crippen LogP contribution < -0.4 is 14.8 Å². The normalized spacial score (nSPS) is 33.5. The summed E-state index contributed by atoms with van der Waals surface area (Å²) < 4.78 is 12.1. The number of fused-ring (bicyclic) bond motifs is 1. The first-order chi connectivity index (χ1) is 10.2. The minimum absolute atomic E-state index is 0.104. The molecule has 21 heavy (non-hydrogen) atoms. The maximum Gasteiger partial charge on any atom is 0.161 e. The summed E-state index contributed by atoms with van der Waals surface area (Å²) in [5, 5.41) is 3.51. The first kappa shape index (κ1) is 14.7. The lowest BCUT2D eigenvalue weighted by atomic mass is 9.72. The van der Waals surface area contributed by atoms with E-state index in [0.29, 0.717) is 18.6 Å². The third kappa shape index (κ3) is 3.18. The highest BCUT2D eigenvalue weighted by atomic mass is 16.6. The van der Waals surface area contributed by atoms with E-state index >= 15 is 0 Å².